The van der Waals surface area contributed by atoms with Gasteiger partial charge in [-0.05, 0) is 31.2 Å². The summed E-state index contributed by atoms with van der Waals surface area (Å²) in [7, 11) is 0. The van der Waals surface area contributed by atoms with E-state index in [1.807, 2.05) is 0 Å². The van der Waals surface area contributed by atoms with Gasteiger partial charge in [0.1, 0.15) is 0 Å². The van der Waals surface area contributed by atoms with Crippen LogP contribution < -0.4 is 5.73 Å². The molecule has 0 fully saturated rings. The largest absolute Gasteiger partial charge is 0.381 e. The lowest BCUT2D eigenvalue weighted by atomic mass is 10.0. The maximum Gasteiger partial charge on any atom is 0.0484 e. The van der Waals surface area contributed by atoms with Crippen molar-refractivity contribution in [2.45, 2.75) is 39.7 Å². The number of benzene rings is 1. The molecular formula is C15H25NO. The molecule has 0 aromatic heterocycles. The average Bonchev–Trinajstić information content (AvgIpc) is 2.28. The van der Waals surface area contributed by atoms with Crippen molar-refractivity contribution in [2.75, 3.05) is 13.2 Å². The molecule has 1 rings (SSSR count). The second-order valence-corrected chi connectivity index (χ2v) is 5.10. The molecule has 0 aliphatic rings. The number of rotatable bonds is 7. The van der Waals surface area contributed by atoms with Crippen molar-refractivity contribution >= 4 is 0 Å². The van der Waals surface area contributed by atoms with Crippen molar-refractivity contribution in [3.05, 3.63) is 35.4 Å². The normalized spacial score (nSPS) is 13.0. The van der Waals surface area contributed by atoms with E-state index in [0.717, 1.165) is 26.1 Å². The quantitative estimate of drug-likeness (QED) is 0.735. The summed E-state index contributed by atoms with van der Waals surface area (Å²) in [6.45, 7) is 8.11. The van der Waals surface area contributed by atoms with Crippen LogP contribution in [-0.2, 0) is 4.74 Å². The minimum absolute atomic E-state index is 0.0916. The lowest BCUT2D eigenvalue weighted by Crippen LogP contribution is -2.13. The molecule has 2 nitrogen and oxygen atoms in total. The fourth-order valence-corrected chi connectivity index (χ4v) is 1.70. The van der Waals surface area contributed by atoms with Gasteiger partial charge >= 0.3 is 0 Å². The molecule has 1 atom stereocenters. The molecule has 2 heteroatoms. The van der Waals surface area contributed by atoms with Crippen LogP contribution in [-0.4, -0.2) is 13.2 Å². The highest BCUT2D eigenvalue weighted by molar-refractivity contribution is 5.24. The van der Waals surface area contributed by atoms with Gasteiger partial charge in [0.05, 0.1) is 0 Å². The summed E-state index contributed by atoms with van der Waals surface area (Å²) in [5.41, 5.74) is 8.59. The predicted molar refractivity (Wildman–Crippen MR) is 73.0 cm³/mol. The van der Waals surface area contributed by atoms with E-state index in [2.05, 4.69) is 45.0 Å². The third-order valence-electron chi connectivity index (χ3n) is 2.88. The molecule has 0 heterocycles. The van der Waals surface area contributed by atoms with Crippen LogP contribution in [0.5, 0.6) is 0 Å². The van der Waals surface area contributed by atoms with Gasteiger partial charge in [0.2, 0.25) is 0 Å². The van der Waals surface area contributed by atoms with Crippen molar-refractivity contribution in [2.24, 2.45) is 11.7 Å². The zero-order chi connectivity index (χ0) is 12.7. The number of hydrogen-bond donors (Lipinski definition) is 1. The predicted octanol–water partition coefficient (Wildman–Crippen LogP) is 3.45. The molecule has 17 heavy (non-hydrogen) atoms. The van der Waals surface area contributed by atoms with Gasteiger partial charge in [0.25, 0.3) is 0 Å². The van der Waals surface area contributed by atoms with Gasteiger partial charge in [-0.3, -0.25) is 0 Å². The zero-order valence-corrected chi connectivity index (χ0v) is 11.3. The Hall–Kier alpha value is -0.860. The summed E-state index contributed by atoms with van der Waals surface area (Å²) in [6.07, 6.45) is 2.02. The molecule has 0 amide bonds. The molecule has 0 aliphatic carbocycles. The first-order valence-electron chi connectivity index (χ1n) is 6.49. The van der Waals surface area contributed by atoms with E-state index in [9.17, 15) is 0 Å². The van der Waals surface area contributed by atoms with Gasteiger partial charge < -0.3 is 10.5 Å². The highest BCUT2D eigenvalue weighted by Crippen LogP contribution is 2.15. The molecule has 1 aromatic rings. The first-order valence-corrected chi connectivity index (χ1v) is 6.49. The number of aryl methyl sites for hydroxylation is 1. The molecule has 0 aliphatic heterocycles. The van der Waals surface area contributed by atoms with Crippen LogP contribution in [0.25, 0.3) is 0 Å². The summed E-state index contributed by atoms with van der Waals surface area (Å²) in [4.78, 5) is 0. The van der Waals surface area contributed by atoms with Crippen LogP contribution in [0.3, 0.4) is 0 Å². The highest BCUT2D eigenvalue weighted by atomic mass is 16.5. The Morgan fingerprint density at radius 2 is 1.88 bits per heavy atom. The maximum absolute atomic E-state index is 6.13. The Labute approximate surface area is 105 Å². The molecule has 0 saturated heterocycles. The Morgan fingerprint density at radius 3 is 2.53 bits per heavy atom. The SMILES string of the molecule is Cc1cccc(C(N)CCOCCC(C)C)c1. The van der Waals surface area contributed by atoms with E-state index in [1.165, 1.54) is 11.1 Å². The number of nitrogens with two attached hydrogens (primary N) is 1. The van der Waals surface area contributed by atoms with Crippen LogP contribution in [0.4, 0.5) is 0 Å². The van der Waals surface area contributed by atoms with Crippen molar-refractivity contribution < 1.29 is 4.74 Å². The van der Waals surface area contributed by atoms with E-state index in [1.54, 1.807) is 0 Å². The van der Waals surface area contributed by atoms with Gasteiger partial charge in [-0.15, -0.1) is 0 Å². The summed E-state index contributed by atoms with van der Waals surface area (Å²) in [5.74, 6) is 0.709. The Kier molecular flexibility index (Phi) is 6.23. The topological polar surface area (TPSA) is 35.2 Å². The van der Waals surface area contributed by atoms with Crippen molar-refractivity contribution in [3.8, 4) is 0 Å². The number of ether oxygens (including phenoxy) is 1. The van der Waals surface area contributed by atoms with E-state index in [-0.39, 0.29) is 6.04 Å². The van der Waals surface area contributed by atoms with Gasteiger partial charge in [-0.1, -0.05) is 43.7 Å². The van der Waals surface area contributed by atoms with E-state index >= 15 is 0 Å². The molecule has 0 saturated carbocycles. The lowest BCUT2D eigenvalue weighted by molar-refractivity contribution is 0.117. The monoisotopic (exact) mass is 235 g/mol. The smallest absolute Gasteiger partial charge is 0.0484 e. The van der Waals surface area contributed by atoms with Crippen LogP contribution >= 0.6 is 0 Å². The molecular weight excluding hydrogens is 210 g/mol. The van der Waals surface area contributed by atoms with Crippen molar-refractivity contribution in [1.29, 1.82) is 0 Å². The minimum atomic E-state index is 0.0916. The second kappa shape index (κ2) is 7.46. The van der Waals surface area contributed by atoms with E-state index in [0.29, 0.717) is 5.92 Å². The van der Waals surface area contributed by atoms with E-state index < -0.39 is 0 Å². The van der Waals surface area contributed by atoms with Crippen LogP contribution in [0.2, 0.25) is 0 Å². The summed E-state index contributed by atoms with van der Waals surface area (Å²) in [6, 6.07) is 8.48. The Morgan fingerprint density at radius 1 is 1.18 bits per heavy atom. The first kappa shape index (κ1) is 14.2. The van der Waals surface area contributed by atoms with Gasteiger partial charge in [-0.25, -0.2) is 0 Å². The molecule has 96 valence electrons. The third-order valence-corrected chi connectivity index (χ3v) is 2.88. The third kappa shape index (κ3) is 5.85. The summed E-state index contributed by atoms with van der Waals surface area (Å²) < 4.78 is 5.59. The maximum atomic E-state index is 6.13. The van der Waals surface area contributed by atoms with Gasteiger partial charge in [0, 0.05) is 19.3 Å². The van der Waals surface area contributed by atoms with E-state index in [4.69, 9.17) is 10.5 Å². The van der Waals surface area contributed by atoms with Crippen molar-refractivity contribution in [3.63, 3.8) is 0 Å². The highest BCUT2D eigenvalue weighted by Gasteiger charge is 2.05. The van der Waals surface area contributed by atoms with Crippen molar-refractivity contribution in [1.82, 2.24) is 0 Å². The Bertz CT molecular complexity index is 322. The van der Waals surface area contributed by atoms with Gasteiger partial charge in [-0.2, -0.15) is 0 Å². The van der Waals surface area contributed by atoms with Crippen LogP contribution in [0.15, 0.2) is 24.3 Å². The zero-order valence-electron chi connectivity index (χ0n) is 11.3. The summed E-state index contributed by atoms with van der Waals surface area (Å²) in [5, 5.41) is 0. The van der Waals surface area contributed by atoms with Crippen LogP contribution in [0.1, 0.15) is 43.9 Å². The molecule has 1 aromatic carbocycles. The van der Waals surface area contributed by atoms with Crippen LogP contribution in [0, 0.1) is 12.8 Å². The molecule has 0 radical (unpaired) electrons. The van der Waals surface area contributed by atoms with Gasteiger partial charge in [0.15, 0.2) is 0 Å². The number of hydrogen-bond acceptors (Lipinski definition) is 2. The Balaban J connectivity index is 2.23. The fraction of sp³-hybridized carbons (Fsp3) is 0.600. The minimum Gasteiger partial charge on any atom is -0.381 e. The average molecular weight is 235 g/mol. The standard InChI is InChI=1S/C15H25NO/c1-12(2)7-9-17-10-8-15(16)14-6-4-5-13(3)11-14/h4-6,11-12,15H,7-10,16H2,1-3H3. The molecule has 1 unspecified atom stereocenters. The first-order chi connectivity index (χ1) is 8.09. The second-order valence-electron chi connectivity index (χ2n) is 5.10. The molecule has 0 spiro atoms. The molecule has 2 N–H and O–H groups in total. The summed E-state index contributed by atoms with van der Waals surface area (Å²) >= 11 is 0. The lowest BCUT2D eigenvalue weighted by Gasteiger charge is -2.13. The molecule has 0 bridgehead atoms. The fourth-order valence-electron chi connectivity index (χ4n) is 1.70.